The highest BCUT2D eigenvalue weighted by atomic mass is 19.4. The number of hydrogen-bond donors (Lipinski definition) is 1. The molecule has 8 heteroatoms. The molecular weight excluding hydrogens is 306 g/mol. The van der Waals surface area contributed by atoms with Crippen LogP contribution in [0.2, 0.25) is 0 Å². The zero-order valence-electron chi connectivity index (χ0n) is 11.6. The molecule has 0 aromatic carbocycles. The van der Waals surface area contributed by atoms with Gasteiger partial charge in [-0.2, -0.15) is 13.2 Å². The highest BCUT2D eigenvalue weighted by Crippen LogP contribution is 2.34. The SMILES string of the molecule is O=C(O)c1cnc(C2CCC(OCC(F)(F)F)CC2)c(F)c1. The van der Waals surface area contributed by atoms with E-state index in [1.165, 1.54) is 0 Å². The van der Waals surface area contributed by atoms with Crippen LogP contribution in [0.4, 0.5) is 17.6 Å². The van der Waals surface area contributed by atoms with E-state index >= 15 is 0 Å². The fourth-order valence-corrected chi connectivity index (χ4v) is 2.58. The van der Waals surface area contributed by atoms with Crippen molar-refractivity contribution in [3.8, 4) is 0 Å². The van der Waals surface area contributed by atoms with Gasteiger partial charge >= 0.3 is 12.1 Å². The molecule has 122 valence electrons. The second kappa shape index (κ2) is 6.60. The van der Waals surface area contributed by atoms with E-state index in [-0.39, 0.29) is 17.2 Å². The lowest BCUT2D eigenvalue weighted by molar-refractivity contribution is -0.188. The van der Waals surface area contributed by atoms with E-state index in [2.05, 4.69) is 4.98 Å². The van der Waals surface area contributed by atoms with E-state index in [0.29, 0.717) is 25.7 Å². The predicted molar refractivity (Wildman–Crippen MR) is 68.2 cm³/mol. The van der Waals surface area contributed by atoms with Gasteiger partial charge in [-0.25, -0.2) is 9.18 Å². The van der Waals surface area contributed by atoms with E-state index in [1.807, 2.05) is 0 Å². The van der Waals surface area contributed by atoms with Crippen LogP contribution in [-0.2, 0) is 4.74 Å². The van der Waals surface area contributed by atoms with Crippen LogP contribution in [-0.4, -0.2) is 34.9 Å². The number of aromatic nitrogens is 1. The molecule has 0 radical (unpaired) electrons. The average molecular weight is 321 g/mol. The van der Waals surface area contributed by atoms with E-state index < -0.39 is 30.7 Å². The minimum atomic E-state index is -4.35. The number of nitrogens with zero attached hydrogens (tertiary/aromatic N) is 1. The van der Waals surface area contributed by atoms with Crippen molar-refractivity contribution in [2.24, 2.45) is 0 Å². The van der Waals surface area contributed by atoms with Crippen molar-refractivity contribution in [2.45, 2.75) is 43.9 Å². The number of hydrogen-bond acceptors (Lipinski definition) is 3. The topological polar surface area (TPSA) is 59.4 Å². The van der Waals surface area contributed by atoms with Crippen LogP contribution in [0.1, 0.15) is 47.7 Å². The lowest BCUT2D eigenvalue weighted by Crippen LogP contribution is -2.27. The van der Waals surface area contributed by atoms with E-state index in [0.717, 1.165) is 12.3 Å². The zero-order chi connectivity index (χ0) is 16.3. The van der Waals surface area contributed by atoms with E-state index in [9.17, 15) is 22.4 Å². The van der Waals surface area contributed by atoms with Gasteiger partial charge < -0.3 is 9.84 Å². The summed E-state index contributed by atoms with van der Waals surface area (Å²) in [5.41, 5.74) is -0.0669. The molecular formula is C14H15F4NO3. The number of pyridine rings is 1. The fraction of sp³-hybridized carbons (Fsp3) is 0.571. The zero-order valence-corrected chi connectivity index (χ0v) is 11.6. The van der Waals surface area contributed by atoms with Gasteiger partial charge in [0.15, 0.2) is 0 Å². The standard InChI is InChI=1S/C14H15F4NO3/c15-11-5-9(13(20)21)6-19-12(11)8-1-3-10(4-2-8)22-7-14(16,17)18/h5-6,8,10H,1-4,7H2,(H,20,21). The van der Waals surface area contributed by atoms with Crippen LogP contribution in [0.25, 0.3) is 0 Å². The Morgan fingerprint density at radius 1 is 1.32 bits per heavy atom. The largest absolute Gasteiger partial charge is 0.478 e. The number of alkyl halides is 3. The van der Waals surface area contributed by atoms with Crippen molar-refractivity contribution in [1.29, 1.82) is 0 Å². The third-order valence-corrected chi connectivity index (χ3v) is 3.66. The van der Waals surface area contributed by atoms with Gasteiger partial charge in [0.2, 0.25) is 0 Å². The van der Waals surface area contributed by atoms with Crippen LogP contribution in [0, 0.1) is 5.82 Å². The molecule has 2 rings (SSSR count). The molecule has 1 aliphatic carbocycles. The lowest BCUT2D eigenvalue weighted by atomic mass is 9.84. The molecule has 0 amide bonds. The second-order valence-electron chi connectivity index (χ2n) is 5.30. The molecule has 22 heavy (non-hydrogen) atoms. The molecule has 1 aliphatic rings. The first-order valence-electron chi connectivity index (χ1n) is 6.83. The molecule has 1 N–H and O–H groups in total. The Bertz CT molecular complexity index is 539. The number of carboxylic acid groups (broad SMARTS) is 1. The van der Waals surface area contributed by atoms with Crippen molar-refractivity contribution < 1.29 is 32.2 Å². The minimum Gasteiger partial charge on any atom is -0.478 e. The van der Waals surface area contributed by atoms with Crippen molar-refractivity contribution in [2.75, 3.05) is 6.61 Å². The molecule has 1 saturated carbocycles. The quantitative estimate of drug-likeness (QED) is 0.862. The highest BCUT2D eigenvalue weighted by Gasteiger charge is 2.32. The molecule has 1 fully saturated rings. The second-order valence-corrected chi connectivity index (χ2v) is 5.30. The summed E-state index contributed by atoms with van der Waals surface area (Å²) < 4.78 is 54.9. The lowest BCUT2D eigenvalue weighted by Gasteiger charge is -2.28. The van der Waals surface area contributed by atoms with Crippen LogP contribution in [0.5, 0.6) is 0 Å². The number of halogens is 4. The summed E-state index contributed by atoms with van der Waals surface area (Å²) in [6, 6.07) is 0.914. The smallest absolute Gasteiger partial charge is 0.411 e. The van der Waals surface area contributed by atoms with Gasteiger partial charge in [0.25, 0.3) is 0 Å². The van der Waals surface area contributed by atoms with Gasteiger partial charge in [-0.3, -0.25) is 4.98 Å². The van der Waals surface area contributed by atoms with Crippen molar-refractivity contribution in [3.63, 3.8) is 0 Å². The number of carbonyl (C=O) groups is 1. The Labute approximate surface area is 124 Å². The van der Waals surface area contributed by atoms with Gasteiger partial charge in [-0.05, 0) is 31.7 Å². The molecule has 1 heterocycles. The number of carboxylic acids is 1. The Morgan fingerprint density at radius 3 is 2.45 bits per heavy atom. The Balaban J connectivity index is 1.93. The molecule has 1 aromatic rings. The van der Waals surface area contributed by atoms with Crippen molar-refractivity contribution in [3.05, 3.63) is 29.3 Å². The van der Waals surface area contributed by atoms with E-state index in [4.69, 9.17) is 9.84 Å². The van der Waals surface area contributed by atoms with E-state index in [1.54, 1.807) is 0 Å². The maximum Gasteiger partial charge on any atom is 0.411 e. The monoisotopic (exact) mass is 321 g/mol. The third kappa shape index (κ3) is 4.40. The number of aromatic carboxylic acids is 1. The summed E-state index contributed by atoms with van der Waals surface area (Å²) in [4.78, 5) is 14.6. The van der Waals surface area contributed by atoms with Crippen molar-refractivity contribution in [1.82, 2.24) is 4.98 Å². The predicted octanol–water partition coefficient (Wildman–Crippen LogP) is 3.52. The van der Waals surface area contributed by atoms with Crippen LogP contribution < -0.4 is 0 Å². The van der Waals surface area contributed by atoms with Gasteiger partial charge in [-0.1, -0.05) is 0 Å². The first-order valence-corrected chi connectivity index (χ1v) is 6.83. The normalized spacial score (nSPS) is 22.5. The van der Waals surface area contributed by atoms with Crippen LogP contribution >= 0.6 is 0 Å². The summed E-state index contributed by atoms with van der Waals surface area (Å²) in [7, 11) is 0. The summed E-state index contributed by atoms with van der Waals surface area (Å²) in [5, 5.41) is 8.75. The maximum atomic E-state index is 13.9. The molecule has 0 spiro atoms. The molecule has 1 aromatic heterocycles. The molecule has 4 nitrogen and oxygen atoms in total. The molecule has 0 atom stereocenters. The Hall–Kier alpha value is -1.70. The van der Waals surface area contributed by atoms with Gasteiger partial charge in [0.05, 0.1) is 17.4 Å². The summed E-state index contributed by atoms with van der Waals surface area (Å²) in [5.74, 6) is -2.18. The Morgan fingerprint density at radius 2 is 1.95 bits per heavy atom. The molecule has 0 unspecified atom stereocenters. The van der Waals surface area contributed by atoms with Gasteiger partial charge in [0, 0.05) is 12.1 Å². The van der Waals surface area contributed by atoms with Crippen LogP contribution in [0.3, 0.4) is 0 Å². The summed E-state index contributed by atoms with van der Waals surface area (Å²) >= 11 is 0. The summed E-state index contributed by atoms with van der Waals surface area (Å²) in [6.07, 6.45) is -2.05. The molecule has 0 bridgehead atoms. The highest BCUT2D eigenvalue weighted by molar-refractivity contribution is 5.87. The van der Waals surface area contributed by atoms with Gasteiger partial charge in [-0.15, -0.1) is 0 Å². The van der Waals surface area contributed by atoms with Gasteiger partial charge in [0.1, 0.15) is 12.4 Å². The average Bonchev–Trinajstić information content (AvgIpc) is 2.45. The molecule has 0 aliphatic heterocycles. The fourth-order valence-electron chi connectivity index (χ4n) is 2.58. The first-order chi connectivity index (χ1) is 10.3. The summed E-state index contributed by atoms with van der Waals surface area (Å²) in [6.45, 7) is -1.28. The third-order valence-electron chi connectivity index (χ3n) is 3.66. The first kappa shape index (κ1) is 16.7. The minimum absolute atomic E-state index is 0.166. The maximum absolute atomic E-state index is 13.9. The molecule has 0 saturated heterocycles. The van der Waals surface area contributed by atoms with Crippen molar-refractivity contribution >= 4 is 5.97 Å². The van der Waals surface area contributed by atoms with Crippen LogP contribution in [0.15, 0.2) is 12.3 Å². The number of ether oxygens (including phenoxy) is 1. The Kier molecular flexibility index (Phi) is 5.00. The number of rotatable bonds is 4.